The monoisotopic (exact) mass is 290 g/mol. The third-order valence-corrected chi connectivity index (χ3v) is 5.32. The highest BCUT2D eigenvalue weighted by molar-refractivity contribution is 7.25. The van der Waals surface area contributed by atoms with Gasteiger partial charge in [0.25, 0.3) is 0 Å². The zero-order valence-electron chi connectivity index (χ0n) is 12.6. The van der Waals surface area contributed by atoms with Crippen molar-refractivity contribution < 1.29 is 0 Å². The number of fused-ring (bicyclic) bond motifs is 4. The lowest BCUT2D eigenvalue weighted by Crippen LogP contribution is -2.10. The first-order valence-electron chi connectivity index (χ1n) is 7.38. The van der Waals surface area contributed by atoms with E-state index in [2.05, 4.69) is 75.4 Å². The van der Waals surface area contributed by atoms with E-state index >= 15 is 0 Å². The quantitative estimate of drug-likeness (QED) is 0.346. The number of thiophene rings is 1. The second-order valence-corrected chi connectivity index (χ2v) is 7.84. The second kappa shape index (κ2) is 4.32. The molecule has 4 aromatic rings. The van der Waals surface area contributed by atoms with E-state index in [0.717, 1.165) is 0 Å². The van der Waals surface area contributed by atoms with Crippen LogP contribution in [0, 0.1) is 0 Å². The van der Waals surface area contributed by atoms with Crippen molar-refractivity contribution in [3.8, 4) is 0 Å². The minimum absolute atomic E-state index is 0.203. The minimum atomic E-state index is 0.203. The summed E-state index contributed by atoms with van der Waals surface area (Å²) in [5.41, 5.74) is 1.61. The van der Waals surface area contributed by atoms with Crippen molar-refractivity contribution in [3.05, 3.63) is 60.2 Å². The summed E-state index contributed by atoms with van der Waals surface area (Å²) < 4.78 is 2.78. The molecule has 1 heteroatoms. The summed E-state index contributed by atoms with van der Waals surface area (Å²) in [4.78, 5) is 0. The van der Waals surface area contributed by atoms with Crippen LogP contribution in [0.25, 0.3) is 30.9 Å². The van der Waals surface area contributed by atoms with Crippen LogP contribution in [0.1, 0.15) is 26.3 Å². The van der Waals surface area contributed by atoms with Crippen LogP contribution in [0.5, 0.6) is 0 Å². The average molecular weight is 290 g/mol. The van der Waals surface area contributed by atoms with Crippen LogP contribution >= 0.6 is 11.3 Å². The van der Waals surface area contributed by atoms with E-state index in [0.29, 0.717) is 0 Å². The van der Waals surface area contributed by atoms with E-state index in [4.69, 9.17) is 0 Å². The third-order valence-electron chi connectivity index (χ3n) is 4.21. The maximum absolute atomic E-state index is 2.37. The highest BCUT2D eigenvalue weighted by Crippen LogP contribution is 2.38. The van der Waals surface area contributed by atoms with E-state index in [1.807, 2.05) is 11.3 Å². The van der Waals surface area contributed by atoms with Crippen LogP contribution in [0.3, 0.4) is 0 Å². The van der Waals surface area contributed by atoms with Gasteiger partial charge in [0.2, 0.25) is 0 Å². The number of benzene rings is 3. The first kappa shape index (κ1) is 12.8. The molecule has 0 unspecified atom stereocenters. The highest BCUT2D eigenvalue weighted by atomic mass is 32.1. The van der Waals surface area contributed by atoms with Gasteiger partial charge in [0.05, 0.1) is 0 Å². The fraction of sp³-hybridized carbons (Fsp3) is 0.200. The molecule has 104 valence electrons. The highest BCUT2D eigenvalue weighted by Gasteiger charge is 2.15. The maximum Gasteiger partial charge on any atom is 0.0361 e. The van der Waals surface area contributed by atoms with Crippen molar-refractivity contribution in [2.45, 2.75) is 26.2 Å². The van der Waals surface area contributed by atoms with Crippen LogP contribution < -0.4 is 0 Å². The largest absolute Gasteiger partial charge is 0.135 e. The molecule has 0 bridgehead atoms. The zero-order valence-corrected chi connectivity index (χ0v) is 13.4. The molecule has 0 atom stereocenters. The van der Waals surface area contributed by atoms with Gasteiger partial charge in [0.1, 0.15) is 0 Å². The Labute approximate surface area is 129 Å². The topological polar surface area (TPSA) is 0 Å². The predicted molar refractivity (Wildman–Crippen MR) is 95.5 cm³/mol. The van der Waals surface area contributed by atoms with Crippen LogP contribution in [-0.4, -0.2) is 0 Å². The van der Waals surface area contributed by atoms with E-state index in [1.54, 1.807) is 0 Å². The summed E-state index contributed by atoms with van der Waals surface area (Å²) >= 11 is 1.91. The van der Waals surface area contributed by atoms with E-state index < -0.39 is 0 Å². The van der Waals surface area contributed by atoms with Crippen LogP contribution in [0.4, 0.5) is 0 Å². The Bertz CT molecular complexity index is 968. The van der Waals surface area contributed by atoms with Gasteiger partial charge in [-0.1, -0.05) is 57.2 Å². The minimum Gasteiger partial charge on any atom is -0.135 e. The van der Waals surface area contributed by atoms with Gasteiger partial charge in [-0.3, -0.25) is 0 Å². The Balaban J connectivity index is 2.07. The number of rotatable bonds is 0. The maximum atomic E-state index is 2.37. The van der Waals surface area contributed by atoms with Gasteiger partial charge in [-0.05, 0) is 39.9 Å². The molecule has 0 aliphatic heterocycles. The van der Waals surface area contributed by atoms with Crippen LogP contribution in [-0.2, 0) is 5.41 Å². The summed E-state index contributed by atoms with van der Waals surface area (Å²) in [5.74, 6) is 0. The molecule has 4 rings (SSSR count). The molecular formula is C20H18S. The van der Waals surface area contributed by atoms with Crippen molar-refractivity contribution in [3.63, 3.8) is 0 Å². The first-order valence-corrected chi connectivity index (χ1v) is 8.19. The van der Waals surface area contributed by atoms with E-state index in [1.165, 1.54) is 36.5 Å². The molecule has 3 aromatic carbocycles. The lowest BCUT2D eigenvalue weighted by Gasteiger charge is -2.18. The Morgan fingerprint density at radius 1 is 0.714 bits per heavy atom. The summed E-state index contributed by atoms with van der Waals surface area (Å²) in [5, 5.41) is 5.42. The molecule has 0 fully saturated rings. The standard InChI is InChI=1S/C20H18S/c1-20(2,3)15-8-9-16-17-10-13-6-4-5-7-14(13)11-18(17)21-19(16)12-15/h4-12H,1-3H3. The third kappa shape index (κ3) is 2.04. The molecular weight excluding hydrogens is 272 g/mol. The molecule has 0 aliphatic carbocycles. The van der Waals surface area contributed by atoms with E-state index in [9.17, 15) is 0 Å². The van der Waals surface area contributed by atoms with Gasteiger partial charge in [-0.25, -0.2) is 0 Å². The fourth-order valence-electron chi connectivity index (χ4n) is 2.93. The molecule has 0 saturated heterocycles. The van der Waals surface area contributed by atoms with Gasteiger partial charge in [-0.2, -0.15) is 0 Å². The number of hydrogen-bond donors (Lipinski definition) is 0. The Morgan fingerprint density at radius 2 is 1.38 bits per heavy atom. The Morgan fingerprint density at radius 3 is 2.10 bits per heavy atom. The summed E-state index contributed by atoms with van der Waals surface area (Å²) in [7, 11) is 0. The summed E-state index contributed by atoms with van der Waals surface area (Å²) in [6.07, 6.45) is 0. The number of hydrogen-bond acceptors (Lipinski definition) is 1. The Kier molecular flexibility index (Phi) is 2.64. The fourth-order valence-corrected chi connectivity index (χ4v) is 4.10. The van der Waals surface area contributed by atoms with Crippen molar-refractivity contribution in [2.24, 2.45) is 0 Å². The summed E-state index contributed by atoms with van der Waals surface area (Å²) in [6, 6.07) is 20.2. The molecule has 0 saturated carbocycles. The van der Waals surface area contributed by atoms with Gasteiger partial charge in [0.15, 0.2) is 0 Å². The molecule has 0 N–H and O–H groups in total. The predicted octanol–water partition coefficient (Wildman–Crippen LogP) is 6.51. The van der Waals surface area contributed by atoms with Gasteiger partial charge < -0.3 is 0 Å². The Hall–Kier alpha value is -1.86. The van der Waals surface area contributed by atoms with Crippen molar-refractivity contribution in [1.29, 1.82) is 0 Å². The molecule has 0 radical (unpaired) electrons. The normalized spacial score (nSPS) is 12.5. The molecule has 0 aliphatic rings. The van der Waals surface area contributed by atoms with Crippen molar-refractivity contribution >= 4 is 42.3 Å². The molecule has 1 aromatic heterocycles. The zero-order chi connectivity index (χ0) is 14.6. The first-order chi connectivity index (χ1) is 10.0. The SMILES string of the molecule is CC(C)(C)c1ccc2c(c1)sc1cc3ccccc3cc12. The van der Waals surface area contributed by atoms with Crippen molar-refractivity contribution in [2.75, 3.05) is 0 Å². The molecule has 0 nitrogen and oxygen atoms in total. The molecule has 1 heterocycles. The molecule has 0 spiro atoms. The van der Waals surface area contributed by atoms with Gasteiger partial charge >= 0.3 is 0 Å². The van der Waals surface area contributed by atoms with Gasteiger partial charge in [0, 0.05) is 20.2 Å². The lowest BCUT2D eigenvalue weighted by molar-refractivity contribution is 0.591. The smallest absolute Gasteiger partial charge is 0.0361 e. The second-order valence-electron chi connectivity index (χ2n) is 6.76. The lowest BCUT2D eigenvalue weighted by atomic mass is 9.87. The van der Waals surface area contributed by atoms with Crippen LogP contribution in [0.2, 0.25) is 0 Å². The molecule has 0 amide bonds. The van der Waals surface area contributed by atoms with Crippen molar-refractivity contribution in [1.82, 2.24) is 0 Å². The van der Waals surface area contributed by atoms with Crippen LogP contribution in [0.15, 0.2) is 54.6 Å². The van der Waals surface area contributed by atoms with Gasteiger partial charge in [-0.15, -0.1) is 11.3 Å². The average Bonchev–Trinajstić information content (AvgIpc) is 2.80. The molecule has 21 heavy (non-hydrogen) atoms. The van der Waals surface area contributed by atoms with E-state index in [-0.39, 0.29) is 5.41 Å². The summed E-state index contributed by atoms with van der Waals surface area (Å²) in [6.45, 7) is 6.82.